The van der Waals surface area contributed by atoms with Gasteiger partial charge in [0.05, 0.1) is 24.1 Å². The van der Waals surface area contributed by atoms with E-state index in [0.29, 0.717) is 12.5 Å². The van der Waals surface area contributed by atoms with Crippen molar-refractivity contribution in [3.63, 3.8) is 0 Å². The van der Waals surface area contributed by atoms with Gasteiger partial charge in [-0.15, -0.1) is 36.2 Å². The summed E-state index contributed by atoms with van der Waals surface area (Å²) in [6.07, 6.45) is 8.77. The molecule has 1 saturated heterocycles. The molecule has 1 amide bonds. The van der Waals surface area contributed by atoms with Gasteiger partial charge < -0.3 is 10.1 Å². The molecule has 3 aromatic heterocycles. The standard InChI is InChI=1S/C22H23N5O2S.2ClH/c28-21-27(17-4-3-10-23-13-17)15-22(29-21)8-6-16(7-9-22)12-25-20-26-19(14-30-20)18-5-1-2-11-24-18;;/h1-5,10-11,13-14,16H,6-9,12,15H2,(H,25,26);2*1H/t16-,22-;;. The first-order valence-electron chi connectivity index (χ1n) is 10.2. The number of nitrogens with one attached hydrogen (secondary N) is 1. The number of thiazole rings is 1. The Kier molecular flexibility index (Phi) is 7.92. The quantitative estimate of drug-likeness (QED) is 0.509. The summed E-state index contributed by atoms with van der Waals surface area (Å²) < 4.78 is 5.84. The third-order valence-electron chi connectivity index (χ3n) is 5.92. The van der Waals surface area contributed by atoms with E-state index in [2.05, 4.69) is 20.3 Å². The van der Waals surface area contributed by atoms with Crippen LogP contribution >= 0.6 is 36.2 Å². The van der Waals surface area contributed by atoms with Gasteiger partial charge in [-0.05, 0) is 55.9 Å². The lowest BCUT2D eigenvalue weighted by Gasteiger charge is -2.35. The van der Waals surface area contributed by atoms with E-state index >= 15 is 0 Å². The third kappa shape index (κ3) is 5.14. The van der Waals surface area contributed by atoms with Gasteiger partial charge in [0.15, 0.2) is 5.13 Å². The second-order valence-corrected chi connectivity index (χ2v) is 8.78. The van der Waals surface area contributed by atoms with E-state index in [1.54, 1.807) is 34.8 Å². The number of anilines is 2. The highest BCUT2D eigenvalue weighted by molar-refractivity contribution is 7.14. The molecule has 10 heteroatoms. The molecule has 1 N–H and O–H groups in total. The predicted molar refractivity (Wildman–Crippen MR) is 131 cm³/mol. The molecular weight excluding hydrogens is 469 g/mol. The number of aromatic nitrogens is 3. The minimum Gasteiger partial charge on any atom is -0.441 e. The summed E-state index contributed by atoms with van der Waals surface area (Å²) >= 11 is 1.61. The molecule has 0 bridgehead atoms. The summed E-state index contributed by atoms with van der Waals surface area (Å²) in [5.74, 6) is 0.545. The van der Waals surface area contributed by atoms with E-state index in [1.807, 2.05) is 35.7 Å². The van der Waals surface area contributed by atoms with Crippen molar-refractivity contribution >= 4 is 53.1 Å². The average Bonchev–Trinajstić information content (AvgIpc) is 3.39. The maximum atomic E-state index is 12.4. The number of hydrogen-bond donors (Lipinski definition) is 1. The van der Waals surface area contributed by atoms with Crippen molar-refractivity contribution in [3.05, 3.63) is 54.3 Å². The predicted octanol–water partition coefficient (Wildman–Crippen LogP) is 5.44. The largest absolute Gasteiger partial charge is 0.441 e. The third-order valence-corrected chi connectivity index (χ3v) is 6.72. The van der Waals surface area contributed by atoms with Crippen LogP contribution in [0.15, 0.2) is 54.3 Å². The second kappa shape index (κ2) is 10.5. The summed E-state index contributed by atoms with van der Waals surface area (Å²) in [7, 11) is 0. The highest BCUT2D eigenvalue weighted by Crippen LogP contribution is 2.40. The molecule has 0 atom stereocenters. The van der Waals surface area contributed by atoms with Crippen LogP contribution in [-0.4, -0.2) is 39.7 Å². The SMILES string of the molecule is Cl.Cl.O=C1O[C@]2(CC[C@H](CNc3nc(-c4ccccn4)cs3)CC2)CN1c1cccnc1. The molecule has 170 valence electrons. The number of halogens is 2. The average molecular weight is 494 g/mol. The van der Waals surface area contributed by atoms with Crippen molar-refractivity contribution in [1.29, 1.82) is 0 Å². The number of ether oxygens (including phenoxy) is 1. The molecule has 0 radical (unpaired) electrons. The molecule has 2 aliphatic rings. The van der Waals surface area contributed by atoms with Crippen LogP contribution < -0.4 is 10.2 Å². The Balaban J connectivity index is 0.00000144. The van der Waals surface area contributed by atoms with Crippen LogP contribution in [0.4, 0.5) is 15.6 Å². The molecule has 1 aliphatic carbocycles. The van der Waals surface area contributed by atoms with Gasteiger partial charge in [0.1, 0.15) is 11.3 Å². The summed E-state index contributed by atoms with van der Waals surface area (Å²) in [6, 6.07) is 9.58. The lowest BCUT2D eigenvalue weighted by atomic mass is 9.78. The monoisotopic (exact) mass is 493 g/mol. The molecule has 32 heavy (non-hydrogen) atoms. The van der Waals surface area contributed by atoms with Crippen molar-refractivity contribution in [3.8, 4) is 11.4 Å². The molecule has 5 rings (SSSR count). The Labute approximate surface area is 203 Å². The van der Waals surface area contributed by atoms with Crippen molar-refractivity contribution in [2.45, 2.75) is 31.3 Å². The summed E-state index contributed by atoms with van der Waals surface area (Å²) in [4.78, 5) is 27.2. The molecule has 1 aliphatic heterocycles. The number of nitrogens with zero attached hydrogens (tertiary/aromatic N) is 4. The zero-order chi connectivity index (χ0) is 20.4. The molecule has 0 aromatic carbocycles. The number of carbonyl (C=O) groups is 1. The zero-order valence-corrected chi connectivity index (χ0v) is 19.8. The Hall–Kier alpha value is -2.42. The zero-order valence-electron chi connectivity index (χ0n) is 17.3. The highest BCUT2D eigenvalue weighted by Gasteiger charge is 2.47. The van der Waals surface area contributed by atoms with Crippen molar-refractivity contribution in [2.75, 3.05) is 23.3 Å². The van der Waals surface area contributed by atoms with Crippen molar-refractivity contribution in [1.82, 2.24) is 15.0 Å². The van der Waals surface area contributed by atoms with E-state index < -0.39 is 0 Å². The van der Waals surface area contributed by atoms with Crippen LogP contribution in [0.1, 0.15) is 25.7 Å². The fraction of sp³-hybridized carbons (Fsp3) is 0.364. The van der Waals surface area contributed by atoms with Crippen LogP contribution in [-0.2, 0) is 4.74 Å². The van der Waals surface area contributed by atoms with Gasteiger partial charge in [-0.1, -0.05) is 6.07 Å². The van der Waals surface area contributed by atoms with Gasteiger partial charge in [0.25, 0.3) is 0 Å². The van der Waals surface area contributed by atoms with Crippen molar-refractivity contribution < 1.29 is 9.53 Å². The van der Waals surface area contributed by atoms with Gasteiger partial charge in [0, 0.05) is 24.3 Å². The second-order valence-electron chi connectivity index (χ2n) is 7.93. The van der Waals surface area contributed by atoms with E-state index in [9.17, 15) is 4.79 Å². The molecule has 1 saturated carbocycles. The van der Waals surface area contributed by atoms with Crippen LogP contribution in [0.2, 0.25) is 0 Å². The van der Waals surface area contributed by atoms with E-state index in [1.165, 1.54) is 0 Å². The van der Waals surface area contributed by atoms with E-state index in [-0.39, 0.29) is 36.5 Å². The smallest absolute Gasteiger partial charge is 0.415 e. The highest BCUT2D eigenvalue weighted by atomic mass is 35.5. The molecule has 4 heterocycles. The first kappa shape index (κ1) is 24.2. The van der Waals surface area contributed by atoms with Gasteiger partial charge in [-0.3, -0.25) is 14.9 Å². The number of amides is 1. The lowest BCUT2D eigenvalue weighted by molar-refractivity contribution is 0.0148. The summed E-state index contributed by atoms with van der Waals surface area (Å²) in [5, 5.41) is 6.44. The lowest BCUT2D eigenvalue weighted by Crippen LogP contribution is -2.39. The van der Waals surface area contributed by atoms with E-state index in [4.69, 9.17) is 4.74 Å². The molecule has 0 unspecified atom stereocenters. The summed E-state index contributed by atoms with van der Waals surface area (Å²) in [6.45, 7) is 1.49. The van der Waals surface area contributed by atoms with Gasteiger partial charge in [-0.25, -0.2) is 9.78 Å². The maximum absolute atomic E-state index is 12.4. The molecule has 7 nitrogen and oxygen atoms in total. The summed E-state index contributed by atoms with van der Waals surface area (Å²) in [5.41, 5.74) is 2.23. The molecule has 1 spiro atoms. The fourth-order valence-electron chi connectivity index (χ4n) is 4.22. The Bertz CT molecular complexity index is 1010. The van der Waals surface area contributed by atoms with Gasteiger partial charge >= 0.3 is 6.09 Å². The topological polar surface area (TPSA) is 80.2 Å². The number of carbonyl (C=O) groups excluding carboxylic acids is 1. The van der Waals surface area contributed by atoms with E-state index in [0.717, 1.165) is 54.4 Å². The fourth-order valence-corrected chi connectivity index (χ4v) is 4.94. The van der Waals surface area contributed by atoms with Gasteiger partial charge in [-0.2, -0.15) is 0 Å². The Morgan fingerprint density at radius 1 is 1.12 bits per heavy atom. The van der Waals surface area contributed by atoms with Gasteiger partial charge in [0.2, 0.25) is 0 Å². The first-order chi connectivity index (χ1) is 14.7. The minimum atomic E-state index is -0.364. The molecule has 3 aromatic rings. The Morgan fingerprint density at radius 2 is 1.97 bits per heavy atom. The van der Waals surface area contributed by atoms with Crippen LogP contribution in [0.3, 0.4) is 0 Å². The maximum Gasteiger partial charge on any atom is 0.415 e. The number of pyridine rings is 2. The number of rotatable bonds is 5. The minimum absolute atomic E-state index is 0. The number of hydrogen-bond acceptors (Lipinski definition) is 7. The van der Waals surface area contributed by atoms with Crippen LogP contribution in [0.5, 0.6) is 0 Å². The van der Waals surface area contributed by atoms with Crippen LogP contribution in [0.25, 0.3) is 11.4 Å². The Morgan fingerprint density at radius 3 is 2.69 bits per heavy atom. The normalized spacial score (nSPS) is 22.1. The van der Waals surface area contributed by atoms with Crippen LogP contribution in [0, 0.1) is 5.92 Å². The molecule has 2 fully saturated rings. The molecular formula is C22H25Cl2N5O2S. The first-order valence-corrected chi connectivity index (χ1v) is 11.1. The van der Waals surface area contributed by atoms with Crippen molar-refractivity contribution in [2.24, 2.45) is 5.92 Å².